The van der Waals surface area contributed by atoms with Crippen LogP contribution in [0.5, 0.6) is 0 Å². The Bertz CT molecular complexity index is 733. The fraction of sp³-hybridized carbons (Fsp3) is 0.368. The van der Waals surface area contributed by atoms with Gasteiger partial charge in [0.25, 0.3) is 0 Å². The number of anilines is 1. The van der Waals surface area contributed by atoms with E-state index in [1.54, 1.807) is 0 Å². The van der Waals surface area contributed by atoms with E-state index in [0.29, 0.717) is 11.6 Å². The molecule has 0 spiro atoms. The number of carbonyl (C=O) groups is 1. The van der Waals surface area contributed by atoms with E-state index in [9.17, 15) is 4.79 Å². The molecule has 0 bridgehead atoms. The van der Waals surface area contributed by atoms with Crippen molar-refractivity contribution >= 4 is 28.5 Å². The summed E-state index contributed by atoms with van der Waals surface area (Å²) in [5.74, 6) is 0.172. The van der Waals surface area contributed by atoms with Crippen molar-refractivity contribution in [3.63, 3.8) is 0 Å². The summed E-state index contributed by atoms with van der Waals surface area (Å²) in [6.07, 6.45) is 4.75. The molecule has 1 aromatic heterocycles. The van der Waals surface area contributed by atoms with Gasteiger partial charge in [0.15, 0.2) is 5.13 Å². The van der Waals surface area contributed by atoms with Gasteiger partial charge in [0.1, 0.15) is 0 Å². The van der Waals surface area contributed by atoms with Crippen molar-refractivity contribution in [2.75, 3.05) is 38.5 Å². The molecular formula is C19H24N4OS. The van der Waals surface area contributed by atoms with E-state index in [1.165, 1.54) is 16.9 Å². The molecule has 1 saturated heterocycles. The maximum absolute atomic E-state index is 12.5. The van der Waals surface area contributed by atoms with Crippen LogP contribution in [0.1, 0.15) is 16.1 Å². The lowest BCUT2D eigenvalue weighted by Gasteiger charge is -2.34. The van der Waals surface area contributed by atoms with Gasteiger partial charge in [-0.2, -0.15) is 0 Å². The molecule has 0 radical (unpaired) electrons. The third-order valence-corrected chi connectivity index (χ3v) is 5.41. The number of rotatable bonds is 5. The Labute approximate surface area is 152 Å². The van der Waals surface area contributed by atoms with Crippen molar-refractivity contribution in [3.05, 3.63) is 52.5 Å². The summed E-state index contributed by atoms with van der Waals surface area (Å²) in [5, 5.41) is 0.537. The molecule has 3 rings (SSSR count). The fourth-order valence-corrected chi connectivity index (χ4v) is 3.77. The van der Waals surface area contributed by atoms with Crippen LogP contribution < -0.4 is 5.73 Å². The molecule has 1 aliphatic rings. The molecule has 1 amide bonds. The standard InChI is InChI=1S/C19H24N4OS/c1-15-17(25-19(20)21-15)14-18(24)23-12-10-22(11-13-23)9-5-8-16-6-3-2-4-7-16/h2-8H,9-14H2,1H3,(H2,20,21)/b8-5+. The molecule has 5 nitrogen and oxygen atoms in total. The third-order valence-electron chi connectivity index (χ3n) is 4.42. The molecule has 0 saturated carbocycles. The number of hydrogen-bond acceptors (Lipinski definition) is 5. The summed E-state index contributed by atoms with van der Waals surface area (Å²) in [7, 11) is 0. The number of nitrogens with zero attached hydrogens (tertiary/aromatic N) is 3. The molecule has 2 N–H and O–H groups in total. The van der Waals surface area contributed by atoms with Crippen molar-refractivity contribution in [1.82, 2.24) is 14.8 Å². The zero-order valence-corrected chi connectivity index (χ0v) is 15.3. The SMILES string of the molecule is Cc1nc(N)sc1CC(=O)N1CCN(C/C=C/c2ccccc2)CC1. The summed E-state index contributed by atoms with van der Waals surface area (Å²) >= 11 is 1.42. The minimum absolute atomic E-state index is 0.172. The first-order valence-electron chi connectivity index (χ1n) is 8.55. The fourth-order valence-electron chi connectivity index (χ4n) is 2.95. The normalized spacial score (nSPS) is 15.8. The highest BCUT2D eigenvalue weighted by atomic mass is 32.1. The summed E-state index contributed by atoms with van der Waals surface area (Å²) < 4.78 is 0. The number of piperazine rings is 1. The molecule has 0 unspecified atom stereocenters. The smallest absolute Gasteiger partial charge is 0.227 e. The molecular weight excluding hydrogens is 332 g/mol. The maximum Gasteiger partial charge on any atom is 0.227 e. The quantitative estimate of drug-likeness (QED) is 0.894. The zero-order valence-electron chi connectivity index (χ0n) is 14.5. The Morgan fingerprint density at radius 2 is 1.96 bits per heavy atom. The van der Waals surface area contributed by atoms with Crippen molar-refractivity contribution in [2.45, 2.75) is 13.3 Å². The van der Waals surface area contributed by atoms with Crippen LogP contribution in [0.3, 0.4) is 0 Å². The monoisotopic (exact) mass is 356 g/mol. The highest BCUT2D eigenvalue weighted by Crippen LogP contribution is 2.21. The van der Waals surface area contributed by atoms with Crippen LogP contribution in [0.2, 0.25) is 0 Å². The summed E-state index contributed by atoms with van der Waals surface area (Å²) in [6.45, 7) is 6.22. The highest BCUT2D eigenvalue weighted by molar-refractivity contribution is 7.15. The van der Waals surface area contributed by atoms with Crippen molar-refractivity contribution in [2.24, 2.45) is 0 Å². The van der Waals surface area contributed by atoms with Gasteiger partial charge in [-0.1, -0.05) is 42.5 Å². The van der Waals surface area contributed by atoms with Crippen LogP contribution in [-0.4, -0.2) is 53.4 Å². The second-order valence-electron chi connectivity index (χ2n) is 6.23. The second kappa shape index (κ2) is 8.27. The van der Waals surface area contributed by atoms with Gasteiger partial charge in [0, 0.05) is 37.6 Å². The first-order valence-corrected chi connectivity index (χ1v) is 9.37. The Kier molecular flexibility index (Phi) is 5.83. The van der Waals surface area contributed by atoms with Gasteiger partial charge < -0.3 is 10.6 Å². The first-order chi connectivity index (χ1) is 12.1. The van der Waals surface area contributed by atoms with Crippen LogP contribution in [0, 0.1) is 6.92 Å². The average molecular weight is 356 g/mol. The van der Waals surface area contributed by atoms with Gasteiger partial charge in [0.2, 0.25) is 5.91 Å². The van der Waals surface area contributed by atoms with Crippen molar-refractivity contribution in [3.8, 4) is 0 Å². The third kappa shape index (κ3) is 4.90. The van der Waals surface area contributed by atoms with E-state index in [1.807, 2.05) is 30.0 Å². The lowest BCUT2D eigenvalue weighted by Crippen LogP contribution is -2.49. The largest absolute Gasteiger partial charge is 0.375 e. The van der Waals surface area contributed by atoms with Gasteiger partial charge in [0.05, 0.1) is 12.1 Å². The average Bonchev–Trinajstić information content (AvgIpc) is 2.93. The lowest BCUT2D eigenvalue weighted by molar-refractivity contribution is -0.132. The van der Waals surface area contributed by atoms with Crippen LogP contribution in [0.15, 0.2) is 36.4 Å². The molecule has 1 aromatic carbocycles. The van der Waals surface area contributed by atoms with Gasteiger partial charge in [-0.05, 0) is 12.5 Å². The summed E-state index contributed by atoms with van der Waals surface area (Å²) in [6, 6.07) is 10.3. The highest BCUT2D eigenvalue weighted by Gasteiger charge is 2.21. The number of nitrogen functional groups attached to an aromatic ring is 1. The topological polar surface area (TPSA) is 62.5 Å². The molecule has 1 fully saturated rings. The van der Waals surface area contributed by atoms with Gasteiger partial charge in [-0.3, -0.25) is 9.69 Å². The number of nitrogens with two attached hydrogens (primary N) is 1. The Balaban J connectivity index is 1.44. The summed E-state index contributed by atoms with van der Waals surface area (Å²) in [5.41, 5.74) is 7.80. The predicted molar refractivity (Wildman–Crippen MR) is 103 cm³/mol. The molecule has 0 aliphatic carbocycles. The van der Waals surface area contributed by atoms with Crippen molar-refractivity contribution in [1.29, 1.82) is 0 Å². The number of hydrogen-bond donors (Lipinski definition) is 1. The van der Waals surface area contributed by atoms with Crippen LogP contribution >= 0.6 is 11.3 Å². The number of aromatic nitrogens is 1. The number of benzene rings is 1. The molecule has 132 valence electrons. The Morgan fingerprint density at radius 3 is 2.60 bits per heavy atom. The minimum atomic E-state index is 0.172. The molecule has 2 aromatic rings. The second-order valence-corrected chi connectivity index (χ2v) is 7.35. The van der Waals surface area contributed by atoms with Crippen LogP contribution in [0.25, 0.3) is 6.08 Å². The number of aryl methyl sites for hydroxylation is 1. The summed E-state index contributed by atoms with van der Waals surface area (Å²) in [4.78, 5) is 22.0. The van der Waals surface area contributed by atoms with E-state index < -0.39 is 0 Å². The Morgan fingerprint density at radius 1 is 1.24 bits per heavy atom. The molecule has 6 heteroatoms. The number of thiazole rings is 1. The molecule has 25 heavy (non-hydrogen) atoms. The minimum Gasteiger partial charge on any atom is -0.375 e. The van der Waals surface area contributed by atoms with Crippen molar-refractivity contribution < 1.29 is 4.79 Å². The predicted octanol–water partition coefficient (Wildman–Crippen LogP) is 2.43. The van der Waals surface area contributed by atoms with Gasteiger partial charge >= 0.3 is 0 Å². The van der Waals surface area contributed by atoms with Gasteiger partial charge in [-0.15, -0.1) is 11.3 Å². The molecule has 1 aliphatic heterocycles. The molecule has 0 atom stereocenters. The number of carbonyl (C=O) groups excluding carboxylic acids is 1. The van der Waals surface area contributed by atoms with E-state index >= 15 is 0 Å². The van der Waals surface area contributed by atoms with E-state index in [2.05, 4.69) is 34.2 Å². The van der Waals surface area contributed by atoms with E-state index in [-0.39, 0.29) is 5.91 Å². The van der Waals surface area contributed by atoms with Crippen LogP contribution in [0.4, 0.5) is 5.13 Å². The maximum atomic E-state index is 12.5. The van der Waals surface area contributed by atoms with Crippen LogP contribution in [-0.2, 0) is 11.2 Å². The number of amides is 1. The lowest BCUT2D eigenvalue weighted by atomic mass is 10.2. The first kappa shape index (κ1) is 17.6. The zero-order chi connectivity index (χ0) is 17.6. The molecule has 2 heterocycles. The van der Waals surface area contributed by atoms with E-state index in [0.717, 1.165) is 43.3 Å². The Hall–Kier alpha value is -2.18. The van der Waals surface area contributed by atoms with Gasteiger partial charge in [-0.25, -0.2) is 4.98 Å². The van der Waals surface area contributed by atoms with E-state index in [4.69, 9.17) is 5.73 Å².